The molecule has 0 aliphatic heterocycles. The predicted octanol–water partition coefficient (Wildman–Crippen LogP) is 3.88. The van der Waals surface area contributed by atoms with Gasteiger partial charge >= 0.3 is 0 Å². The van der Waals surface area contributed by atoms with Crippen LogP contribution in [-0.4, -0.2) is 20.2 Å². The molecule has 0 bridgehead atoms. The van der Waals surface area contributed by atoms with Gasteiger partial charge in [0.15, 0.2) is 0 Å². The average Bonchev–Trinajstić information content (AvgIpc) is 2.37. The molecule has 0 amide bonds. The zero-order chi connectivity index (χ0) is 13.2. The average molecular weight is 247 g/mol. The largest absolute Gasteiger partial charge is 0.494 e. The number of ether oxygens (including phenoxy) is 1. The lowest BCUT2D eigenvalue weighted by Gasteiger charge is -2.06. The van der Waals surface area contributed by atoms with Gasteiger partial charge in [-0.25, -0.2) is 0 Å². The molecule has 0 saturated heterocycles. The fraction of sp³-hybridized carbons (Fsp3) is 0.500. The lowest BCUT2D eigenvalue weighted by atomic mass is 10.1. The smallest absolute Gasteiger partial charge is 0.119 e. The van der Waals surface area contributed by atoms with Gasteiger partial charge in [-0.1, -0.05) is 43.5 Å². The number of hydrogen-bond donors (Lipinski definition) is 1. The van der Waals surface area contributed by atoms with E-state index >= 15 is 0 Å². The minimum atomic E-state index is 0.821. The molecule has 2 heteroatoms. The third-order valence-corrected chi connectivity index (χ3v) is 2.77. The monoisotopic (exact) mass is 247 g/mol. The summed E-state index contributed by atoms with van der Waals surface area (Å²) in [4.78, 5) is 0. The predicted molar refractivity (Wildman–Crippen MR) is 79.0 cm³/mol. The van der Waals surface area contributed by atoms with Crippen LogP contribution >= 0.6 is 0 Å². The molecule has 0 aliphatic carbocycles. The van der Waals surface area contributed by atoms with Gasteiger partial charge in [-0.2, -0.15) is 0 Å². The van der Waals surface area contributed by atoms with Crippen molar-refractivity contribution >= 4 is 6.08 Å². The first-order valence-electron chi connectivity index (χ1n) is 6.81. The highest BCUT2D eigenvalue weighted by molar-refractivity contribution is 5.53. The van der Waals surface area contributed by atoms with Crippen LogP contribution in [0.5, 0.6) is 5.75 Å². The van der Waals surface area contributed by atoms with Gasteiger partial charge in [-0.3, -0.25) is 0 Å². The maximum Gasteiger partial charge on any atom is 0.119 e. The first-order chi connectivity index (χ1) is 8.76. The van der Waals surface area contributed by atoms with E-state index in [9.17, 15) is 0 Å². The van der Waals surface area contributed by atoms with Gasteiger partial charge in [0, 0.05) is 6.54 Å². The van der Waals surface area contributed by atoms with Crippen molar-refractivity contribution in [3.63, 3.8) is 0 Å². The fourth-order valence-electron chi connectivity index (χ4n) is 1.82. The van der Waals surface area contributed by atoms with Crippen molar-refractivity contribution in [2.24, 2.45) is 0 Å². The summed E-state index contributed by atoms with van der Waals surface area (Å²) in [7, 11) is 1.96. The minimum Gasteiger partial charge on any atom is -0.494 e. The number of benzene rings is 1. The fourth-order valence-corrected chi connectivity index (χ4v) is 1.82. The number of nitrogens with one attached hydrogen (secondary N) is 1. The summed E-state index contributed by atoms with van der Waals surface area (Å²) >= 11 is 0. The van der Waals surface area contributed by atoms with Gasteiger partial charge in [0.2, 0.25) is 0 Å². The molecule has 1 aromatic rings. The van der Waals surface area contributed by atoms with E-state index in [0.29, 0.717) is 0 Å². The first kappa shape index (κ1) is 14.8. The van der Waals surface area contributed by atoms with Crippen LogP contribution in [0.2, 0.25) is 0 Å². The summed E-state index contributed by atoms with van der Waals surface area (Å²) in [5, 5.41) is 3.15. The van der Waals surface area contributed by atoms with Gasteiger partial charge in [0.25, 0.3) is 0 Å². The van der Waals surface area contributed by atoms with Gasteiger partial charge in [-0.05, 0) is 38.1 Å². The second-order valence-electron chi connectivity index (χ2n) is 4.65. The Labute approximate surface area is 111 Å². The van der Waals surface area contributed by atoms with Gasteiger partial charge in [0.05, 0.1) is 6.61 Å². The molecule has 1 N–H and O–H groups in total. The van der Waals surface area contributed by atoms with Crippen LogP contribution in [0.4, 0.5) is 0 Å². The summed E-state index contributed by atoms with van der Waals surface area (Å²) in [6, 6.07) is 8.30. The molecule has 100 valence electrons. The molecule has 0 saturated carbocycles. The van der Waals surface area contributed by atoms with E-state index in [0.717, 1.165) is 25.3 Å². The Bertz CT molecular complexity index is 354. The summed E-state index contributed by atoms with van der Waals surface area (Å²) in [5.41, 5.74) is 2.55. The van der Waals surface area contributed by atoms with Crippen LogP contribution in [0.1, 0.15) is 38.7 Å². The third-order valence-electron chi connectivity index (χ3n) is 2.77. The van der Waals surface area contributed by atoms with Crippen LogP contribution < -0.4 is 10.1 Å². The van der Waals surface area contributed by atoms with Crippen molar-refractivity contribution in [1.29, 1.82) is 0 Å². The van der Waals surface area contributed by atoms with E-state index < -0.39 is 0 Å². The molecule has 1 aromatic carbocycles. The normalized spacial score (nSPS) is 11.6. The highest BCUT2D eigenvalue weighted by Gasteiger charge is 1.95. The minimum absolute atomic E-state index is 0.821. The summed E-state index contributed by atoms with van der Waals surface area (Å²) in [5.74, 6) is 0.967. The zero-order valence-corrected chi connectivity index (χ0v) is 11.8. The summed E-state index contributed by atoms with van der Waals surface area (Å²) < 4.78 is 5.68. The number of likely N-dealkylation sites (N-methyl/N-ethyl adjacent to an activating group) is 1. The Balaban J connectivity index is 2.44. The standard InChI is InChI=1S/C16H25NO/c1-4-5-6-11-18-16-9-7-15(8-10-16)12-14(2)13-17-3/h7-10,12,17H,4-6,11,13H2,1-3H3. The van der Waals surface area contributed by atoms with Crippen molar-refractivity contribution in [1.82, 2.24) is 5.32 Å². The van der Waals surface area contributed by atoms with Crippen molar-refractivity contribution in [3.05, 3.63) is 35.4 Å². The molecular formula is C16H25NO. The highest BCUT2D eigenvalue weighted by atomic mass is 16.5. The molecule has 2 nitrogen and oxygen atoms in total. The van der Waals surface area contributed by atoms with Crippen molar-refractivity contribution in [3.8, 4) is 5.75 Å². The van der Waals surface area contributed by atoms with Crippen LogP contribution in [0.25, 0.3) is 6.08 Å². The first-order valence-corrected chi connectivity index (χ1v) is 6.81. The number of rotatable bonds is 8. The summed E-state index contributed by atoms with van der Waals surface area (Å²) in [6.07, 6.45) is 5.80. The van der Waals surface area contributed by atoms with Crippen LogP contribution in [0.15, 0.2) is 29.8 Å². The van der Waals surface area contributed by atoms with Crippen molar-refractivity contribution in [2.75, 3.05) is 20.2 Å². The SMILES string of the molecule is CCCCCOc1ccc(C=C(C)CNC)cc1. The topological polar surface area (TPSA) is 21.3 Å². The highest BCUT2D eigenvalue weighted by Crippen LogP contribution is 2.15. The summed E-state index contributed by atoms with van der Waals surface area (Å²) in [6.45, 7) is 6.08. The molecule has 0 radical (unpaired) electrons. The molecular weight excluding hydrogens is 222 g/mol. The van der Waals surface area contributed by atoms with Crippen molar-refractivity contribution in [2.45, 2.75) is 33.1 Å². The van der Waals surface area contributed by atoms with E-state index in [2.05, 4.69) is 37.4 Å². The molecule has 18 heavy (non-hydrogen) atoms. The number of unbranched alkanes of at least 4 members (excludes halogenated alkanes) is 2. The molecule has 0 aromatic heterocycles. The van der Waals surface area contributed by atoms with E-state index in [4.69, 9.17) is 4.74 Å². The molecule has 0 fully saturated rings. The van der Waals surface area contributed by atoms with Crippen LogP contribution in [0, 0.1) is 0 Å². The van der Waals surface area contributed by atoms with Crippen LogP contribution in [0.3, 0.4) is 0 Å². The van der Waals surface area contributed by atoms with Gasteiger partial charge in [0.1, 0.15) is 5.75 Å². The molecule has 0 aliphatic rings. The Hall–Kier alpha value is -1.28. The molecule has 0 atom stereocenters. The zero-order valence-electron chi connectivity index (χ0n) is 11.8. The maximum absolute atomic E-state index is 5.68. The molecule has 0 unspecified atom stereocenters. The maximum atomic E-state index is 5.68. The lowest BCUT2D eigenvalue weighted by Crippen LogP contribution is -2.08. The lowest BCUT2D eigenvalue weighted by molar-refractivity contribution is 0.306. The molecule has 1 rings (SSSR count). The van der Waals surface area contributed by atoms with Crippen LogP contribution in [-0.2, 0) is 0 Å². The van der Waals surface area contributed by atoms with E-state index in [1.165, 1.54) is 24.0 Å². The Morgan fingerprint density at radius 2 is 1.94 bits per heavy atom. The Morgan fingerprint density at radius 1 is 1.22 bits per heavy atom. The van der Waals surface area contributed by atoms with E-state index in [-0.39, 0.29) is 0 Å². The van der Waals surface area contributed by atoms with Crippen molar-refractivity contribution < 1.29 is 4.74 Å². The van der Waals surface area contributed by atoms with Gasteiger partial charge < -0.3 is 10.1 Å². The number of hydrogen-bond acceptors (Lipinski definition) is 2. The molecule has 0 heterocycles. The Morgan fingerprint density at radius 3 is 2.56 bits per heavy atom. The second-order valence-corrected chi connectivity index (χ2v) is 4.65. The van der Waals surface area contributed by atoms with E-state index in [1.54, 1.807) is 0 Å². The van der Waals surface area contributed by atoms with Gasteiger partial charge in [-0.15, -0.1) is 0 Å². The Kier molecular flexibility index (Phi) is 7.19. The van der Waals surface area contributed by atoms with E-state index in [1.807, 2.05) is 19.2 Å². The second kappa shape index (κ2) is 8.76. The quantitative estimate of drug-likeness (QED) is 0.704. The third kappa shape index (κ3) is 5.87. The molecule has 0 spiro atoms.